The van der Waals surface area contributed by atoms with Crippen molar-refractivity contribution in [3.63, 3.8) is 0 Å². The Morgan fingerprint density at radius 1 is 0.800 bits per heavy atom. The lowest BCUT2D eigenvalue weighted by Gasteiger charge is -2.25. The predicted octanol–water partition coefficient (Wildman–Crippen LogP) is -5.96. The van der Waals surface area contributed by atoms with Crippen LogP contribution < -0.4 is 44.6 Å². The lowest BCUT2D eigenvalue weighted by molar-refractivity contribution is -0.144. The molecule has 198 valence electrons. The summed E-state index contributed by atoms with van der Waals surface area (Å²) in [6, 6.07) is -6.08. The molecule has 17 heteroatoms. The number of carbonyl (C=O) groups excluding carboxylic acids is 5. The normalized spacial score (nSPS) is 14.8. The first-order valence-corrected chi connectivity index (χ1v) is 10.3. The fourth-order valence-corrected chi connectivity index (χ4v) is 2.62. The van der Waals surface area contributed by atoms with E-state index < -0.39 is 78.6 Å². The highest BCUT2D eigenvalue weighted by Gasteiger charge is 2.32. The minimum atomic E-state index is -1.68. The van der Waals surface area contributed by atoms with Crippen LogP contribution in [0.1, 0.15) is 32.6 Å². The molecular weight excluding hydrogens is 470 g/mol. The molecule has 17 nitrogen and oxygen atoms in total. The average molecular weight is 504 g/mol. The maximum absolute atomic E-state index is 12.8. The van der Waals surface area contributed by atoms with Crippen molar-refractivity contribution in [2.75, 3.05) is 6.54 Å². The summed E-state index contributed by atoms with van der Waals surface area (Å²) in [6.07, 6.45) is -2.63. The first-order chi connectivity index (χ1) is 16.1. The van der Waals surface area contributed by atoms with Crippen LogP contribution in [0, 0.1) is 0 Å². The van der Waals surface area contributed by atoms with Crippen LogP contribution in [0.25, 0.3) is 0 Å². The third kappa shape index (κ3) is 12.7. The standard InChI is InChI=1S/C18H33N9O8/c1-7(28)13(21)16(33)26-9(5-11(19)29)15(32)25-8(3-2-4-24-18(22)23)14(31)27-10(17(34)35)6-12(20)30/h7-10,13,28H,2-6,21H2,1H3,(H2,19,29)(H2,20,30)(H,25,32)(H,26,33)(H,27,31)(H,34,35)(H4,22,23,24). The van der Waals surface area contributed by atoms with E-state index in [4.69, 9.17) is 28.7 Å². The Morgan fingerprint density at radius 3 is 1.71 bits per heavy atom. The largest absolute Gasteiger partial charge is 0.480 e. The van der Waals surface area contributed by atoms with Gasteiger partial charge in [-0.15, -0.1) is 0 Å². The molecule has 0 aliphatic heterocycles. The molecular formula is C18H33N9O8. The van der Waals surface area contributed by atoms with Gasteiger partial charge in [0.15, 0.2) is 5.96 Å². The monoisotopic (exact) mass is 503 g/mol. The van der Waals surface area contributed by atoms with Crippen molar-refractivity contribution < 1.29 is 39.0 Å². The second-order valence-corrected chi connectivity index (χ2v) is 7.58. The zero-order valence-corrected chi connectivity index (χ0v) is 19.1. The van der Waals surface area contributed by atoms with Crippen molar-refractivity contribution >= 4 is 41.5 Å². The van der Waals surface area contributed by atoms with Gasteiger partial charge < -0.3 is 54.8 Å². The van der Waals surface area contributed by atoms with Gasteiger partial charge in [-0.2, -0.15) is 0 Å². The van der Waals surface area contributed by atoms with Crippen LogP contribution in [0.2, 0.25) is 0 Å². The van der Waals surface area contributed by atoms with E-state index in [9.17, 15) is 39.0 Å². The number of carboxylic acid groups (broad SMARTS) is 1. The van der Waals surface area contributed by atoms with Crippen molar-refractivity contribution in [1.82, 2.24) is 16.0 Å². The Balaban J connectivity index is 5.68. The van der Waals surface area contributed by atoms with Gasteiger partial charge in [-0.05, 0) is 19.8 Å². The number of aliphatic carboxylic acids is 1. The van der Waals surface area contributed by atoms with E-state index in [0.717, 1.165) is 0 Å². The Hall–Kier alpha value is -3.99. The summed E-state index contributed by atoms with van der Waals surface area (Å²) in [7, 11) is 0. The van der Waals surface area contributed by atoms with E-state index in [1.807, 2.05) is 0 Å². The van der Waals surface area contributed by atoms with E-state index >= 15 is 0 Å². The number of carboxylic acids is 1. The lowest BCUT2D eigenvalue weighted by atomic mass is 10.1. The number of aliphatic hydroxyl groups is 1. The van der Waals surface area contributed by atoms with Gasteiger partial charge >= 0.3 is 5.97 Å². The van der Waals surface area contributed by atoms with Crippen LogP contribution >= 0.6 is 0 Å². The molecule has 0 rings (SSSR count). The van der Waals surface area contributed by atoms with Crippen molar-refractivity contribution in [2.24, 2.45) is 33.7 Å². The van der Waals surface area contributed by atoms with Gasteiger partial charge in [-0.3, -0.25) is 29.0 Å². The van der Waals surface area contributed by atoms with Gasteiger partial charge in [0.2, 0.25) is 29.5 Å². The van der Waals surface area contributed by atoms with Crippen molar-refractivity contribution in [1.29, 1.82) is 0 Å². The summed E-state index contributed by atoms with van der Waals surface area (Å²) in [6.45, 7) is 1.28. The molecule has 0 aliphatic rings. The molecule has 0 aromatic rings. The van der Waals surface area contributed by atoms with E-state index in [1.54, 1.807) is 0 Å². The van der Waals surface area contributed by atoms with Crippen molar-refractivity contribution in [3.05, 3.63) is 0 Å². The summed E-state index contributed by atoms with van der Waals surface area (Å²) in [4.78, 5) is 75.2. The van der Waals surface area contributed by atoms with Crippen molar-refractivity contribution in [3.8, 4) is 0 Å². The SMILES string of the molecule is CC(O)C(N)C(=O)NC(CC(N)=O)C(=O)NC(CCCN=C(N)N)C(=O)NC(CC(N)=O)C(=O)O. The molecule has 35 heavy (non-hydrogen) atoms. The smallest absolute Gasteiger partial charge is 0.326 e. The maximum Gasteiger partial charge on any atom is 0.326 e. The molecule has 5 unspecified atom stereocenters. The highest BCUT2D eigenvalue weighted by Crippen LogP contribution is 2.04. The van der Waals surface area contributed by atoms with Gasteiger partial charge in [0.05, 0.1) is 18.9 Å². The molecule has 15 N–H and O–H groups in total. The molecule has 0 aromatic carbocycles. The lowest BCUT2D eigenvalue weighted by Crippen LogP contribution is -2.58. The Kier molecular flexibility index (Phi) is 13.3. The van der Waals surface area contributed by atoms with Gasteiger partial charge in [0, 0.05) is 6.54 Å². The van der Waals surface area contributed by atoms with Crippen LogP contribution in [0.4, 0.5) is 0 Å². The van der Waals surface area contributed by atoms with E-state index in [1.165, 1.54) is 6.92 Å². The quantitative estimate of drug-likeness (QED) is 0.0536. The number of rotatable bonds is 16. The summed E-state index contributed by atoms with van der Waals surface area (Å²) in [5, 5.41) is 25.2. The third-order valence-electron chi connectivity index (χ3n) is 4.46. The molecule has 0 aromatic heterocycles. The van der Waals surface area contributed by atoms with Crippen molar-refractivity contribution in [2.45, 2.75) is 62.9 Å². The number of hydrogen-bond donors (Lipinski definition) is 10. The number of primary amides is 2. The second kappa shape index (κ2) is 15.0. The number of aliphatic hydroxyl groups excluding tert-OH is 1. The molecule has 0 spiro atoms. The van der Waals surface area contributed by atoms with Crippen LogP contribution in [-0.2, 0) is 28.8 Å². The van der Waals surface area contributed by atoms with Crippen LogP contribution in [0.5, 0.6) is 0 Å². The zero-order chi connectivity index (χ0) is 27.3. The third-order valence-corrected chi connectivity index (χ3v) is 4.46. The second-order valence-electron chi connectivity index (χ2n) is 7.58. The Morgan fingerprint density at radius 2 is 1.26 bits per heavy atom. The van der Waals surface area contributed by atoms with Gasteiger partial charge in [0.1, 0.15) is 24.2 Å². The summed E-state index contributed by atoms with van der Waals surface area (Å²) < 4.78 is 0. The summed E-state index contributed by atoms with van der Waals surface area (Å²) in [5.74, 6) is -6.74. The number of nitrogens with two attached hydrogens (primary N) is 5. The zero-order valence-electron chi connectivity index (χ0n) is 19.1. The average Bonchev–Trinajstić information content (AvgIpc) is 2.72. The predicted molar refractivity (Wildman–Crippen MR) is 121 cm³/mol. The van der Waals surface area contributed by atoms with Crippen LogP contribution in [0.15, 0.2) is 4.99 Å². The van der Waals surface area contributed by atoms with Gasteiger partial charge in [-0.25, -0.2) is 4.79 Å². The van der Waals surface area contributed by atoms with Crippen LogP contribution in [0.3, 0.4) is 0 Å². The first kappa shape index (κ1) is 31.0. The van der Waals surface area contributed by atoms with Crippen LogP contribution in [-0.4, -0.2) is 88.5 Å². The highest BCUT2D eigenvalue weighted by molar-refractivity contribution is 5.96. The molecule has 0 fully saturated rings. The summed E-state index contributed by atoms with van der Waals surface area (Å²) in [5.41, 5.74) is 26.1. The number of carbonyl (C=O) groups is 6. The van der Waals surface area contributed by atoms with E-state index in [2.05, 4.69) is 20.9 Å². The summed E-state index contributed by atoms with van der Waals surface area (Å²) >= 11 is 0. The fraction of sp³-hybridized carbons (Fsp3) is 0.611. The Bertz CT molecular complexity index is 829. The molecule has 0 saturated carbocycles. The molecule has 0 heterocycles. The van der Waals surface area contributed by atoms with Gasteiger partial charge in [-0.1, -0.05) is 0 Å². The maximum atomic E-state index is 12.8. The molecule has 5 amide bonds. The molecule has 0 radical (unpaired) electrons. The minimum Gasteiger partial charge on any atom is -0.480 e. The molecule has 0 saturated heterocycles. The number of nitrogens with zero attached hydrogens (tertiary/aromatic N) is 1. The number of nitrogens with one attached hydrogen (secondary N) is 3. The number of amides is 5. The molecule has 5 atom stereocenters. The molecule has 0 bridgehead atoms. The highest BCUT2D eigenvalue weighted by atomic mass is 16.4. The number of hydrogen-bond acceptors (Lipinski definition) is 9. The number of aliphatic imine (C=N–C) groups is 1. The van der Waals surface area contributed by atoms with Gasteiger partial charge in [0.25, 0.3) is 0 Å². The fourth-order valence-electron chi connectivity index (χ4n) is 2.62. The minimum absolute atomic E-state index is 0.0519. The van der Waals surface area contributed by atoms with E-state index in [0.29, 0.717) is 0 Å². The first-order valence-electron chi connectivity index (χ1n) is 10.3. The number of guanidine groups is 1. The Labute approximate surface area is 200 Å². The molecule has 0 aliphatic carbocycles. The topological polar surface area (TPSA) is 321 Å². The van der Waals surface area contributed by atoms with E-state index in [-0.39, 0.29) is 25.3 Å².